The minimum absolute atomic E-state index is 0.111. The Morgan fingerprint density at radius 3 is 1.89 bits per heavy atom. The zero-order chi connectivity index (χ0) is 21.2. The molecular formula is C22H30N2O3S. The van der Waals surface area contributed by atoms with Crippen molar-refractivity contribution in [1.82, 2.24) is 4.90 Å². The standard InChI is InChI=1S/C22H30N2O3S/c1-8-24(9-2)22(25)19-11-10-12-20(13-19)23-28(26,27)21-17(6)15(4)14(3)16(5)18(21)7/h10-13,23H,8-9H2,1-7H3. The lowest BCUT2D eigenvalue weighted by Crippen LogP contribution is -2.30. The molecule has 0 spiro atoms. The zero-order valence-electron chi connectivity index (χ0n) is 17.8. The third-order valence-electron chi connectivity index (χ3n) is 5.61. The van der Waals surface area contributed by atoms with E-state index in [0.717, 1.165) is 27.8 Å². The molecule has 0 aliphatic carbocycles. The minimum atomic E-state index is -3.79. The highest BCUT2D eigenvalue weighted by molar-refractivity contribution is 7.92. The Labute approximate surface area is 168 Å². The molecule has 2 rings (SSSR count). The lowest BCUT2D eigenvalue weighted by molar-refractivity contribution is 0.0773. The number of benzene rings is 2. The van der Waals surface area contributed by atoms with Crippen molar-refractivity contribution in [3.8, 4) is 0 Å². The van der Waals surface area contributed by atoms with Crippen molar-refractivity contribution in [3.63, 3.8) is 0 Å². The molecule has 2 aromatic carbocycles. The molecule has 5 nitrogen and oxygen atoms in total. The molecule has 0 aliphatic heterocycles. The van der Waals surface area contributed by atoms with Crippen LogP contribution in [0.3, 0.4) is 0 Å². The summed E-state index contributed by atoms with van der Waals surface area (Å²) in [4.78, 5) is 14.6. The molecular weight excluding hydrogens is 372 g/mol. The number of carbonyl (C=O) groups excluding carboxylic acids is 1. The van der Waals surface area contributed by atoms with E-state index in [1.54, 1.807) is 29.2 Å². The van der Waals surface area contributed by atoms with E-state index < -0.39 is 10.0 Å². The van der Waals surface area contributed by atoms with Crippen molar-refractivity contribution in [1.29, 1.82) is 0 Å². The number of carbonyl (C=O) groups is 1. The van der Waals surface area contributed by atoms with Crippen LogP contribution in [0.4, 0.5) is 5.69 Å². The number of sulfonamides is 1. The fourth-order valence-corrected chi connectivity index (χ4v) is 5.14. The van der Waals surface area contributed by atoms with Gasteiger partial charge in [-0.1, -0.05) is 6.07 Å². The van der Waals surface area contributed by atoms with Gasteiger partial charge >= 0.3 is 0 Å². The van der Waals surface area contributed by atoms with Gasteiger partial charge < -0.3 is 4.90 Å². The number of hydrogen-bond donors (Lipinski definition) is 1. The maximum atomic E-state index is 13.2. The Morgan fingerprint density at radius 1 is 0.893 bits per heavy atom. The first-order valence-corrected chi connectivity index (χ1v) is 11.0. The van der Waals surface area contributed by atoms with Gasteiger partial charge in [-0.2, -0.15) is 0 Å². The van der Waals surface area contributed by atoms with Gasteiger partial charge in [0, 0.05) is 24.3 Å². The highest BCUT2D eigenvalue weighted by Gasteiger charge is 2.24. The Bertz CT molecular complexity index is 978. The lowest BCUT2D eigenvalue weighted by atomic mass is 9.95. The number of rotatable bonds is 6. The monoisotopic (exact) mass is 402 g/mol. The van der Waals surface area contributed by atoms with Gasteiger partial charge in [0.2, 0.25) is 0 Å². The quantitative estimate of drug-likeness (QED) is 0.773. The summed E-state index contributed by atoms with van der Waals surface area (Å²) in [5.41, 5.74) is 5.43. The highest BCUT2D eigenvalue weighted by atomic mass is 32.2. The van der Waals surface area contributed by atoms with Crippen molar-refractivity contribution >= 4 is 21.6 Å². The summed E-state index contributed by atoms with van der Waals surface area (Å²) in [6.45, 7) is 14.6. The van der Waals surface area contributed by atoms with Crippen molar-refractivity contribution in [2.75, 3.05) is 17.8 Å². The maximum Gasteiger partial charge on any atom is 0.262 e. The van der Waals surface area contributed by atoms with Gasteiger partial charge in [-0.05, 0) is 94.5 Å². The zero-order valence-corrected chi connectivity index (χ0v) is 18.6. The predicted molar refractivity (Wildman–Crippen MR) is 115 cm³/mol. The first-order valence-electron chi connectivity index (χ1n) is 9.54. The number of nitrogens with zero attached hydrogens (tertiary/aromatic N) is 1. The van der Waals surface area contributed by atoms with Gasteiger partial charge in [0.05, 0.1) is 4.90 Å². The summed E-state index contributed by atoms with van der Waals surface area (Å²) in [7, 11) is -3.79. The summed E-state index contributed by atoms with van der Waals surface area (Å²) >= 11 is 0. The van der Waals surface area contributed by atoms with E-state index in [-0.39, 0.29) is 5.91 Å². The van der Waals surface area contributed by atoms with E-state index in [0.29, 0.717) is 29.2 Å². The Kier molecular flexibility index (Phi) is 6.55. The molecule has 0 atom stereocenters. The lowest BCUT2D eigenvalue weighted by Gasteiger charge is -2.20. The largest absolute Gasteiger partial charge is 0.339 e. The second-order valence-corrected chi connectivity index (χ2v) is 8.74. The molecule has 2 aromatic rings. The predicted octanol–water partition coefficient (Wildman–Crippen LogP) is 4.51. The van der Waals surface area contributed by atoms with E-state index >= 15 is 0 Å². The fourth-order valence-electron chi connectivity index (χ4n) is 3.48. The van der Waals surface area contributed by atoms with E-state index in [2.05, 4.69) is 4.72 Å². The van der Waals surface area contributed by atoms with Crippen molar-refractivity contribution in [2.24, 2.45) is 0 Å². The normalized spacial score (nSPS) is 11.4. The third-order valence-corrected chi connectivity index (χ3v) is 7.27. The molecule has 0 aromatic heterocycles. The van der Waals surface area contributed by atoms with E-state index in [1.807, 2.05) is 48.5 Å². The number of hydrogen-bond acceptors (Lipinski definition) is 3. The second kappa shape index (κ2) is 8.35. The first-order chi connectivity index (χ1) is 13.0. The average Bonchev–Trinajstić information content (AvgIpc) is 2.65. The van der Waals surface area contributed by atoms with Gasteiger partial charge in [-0.15, -0.1) is 0 Å². The Hall–Kier alpha value is -2.34. The summed E-state index contributed by atoms with van der Waals surface area (Å²) < 4.78 is 29.0. The molecule has 0 fully saturated rings. The van der Waals surface area contributed by atoms with Gasteiger partial charge in [0.25, 0.3) is 15.9 Å². The molecule has 0 bridgehead atoms. The summed E-state index contributed by atoms with van der Waals surface area (Å²) in [5.74, 6) is -0.111. The van der Waals surface area contributed by atoms with Gasteiger partial charge in [-0.3, -0.25) is 9.52 Å². The van der Waals surface area contributed by atoms with Crippen LogP contribution in [0.1, 0.15) is 52.0 Å². The van der Waals surface area contributed by atoms with Crippen molar-refractivity contribution in [3.05, 3.63) is 57.6 Å². The van der Waals surface area contributed by atoms with Crippen LogP contribution in [0, 0.1) is 34.6 Å². The van der Waals surface area contributed by atoms with Crippen LogP contribution in [0.5, 0.6) is 0 Å². The topological polar surface area (TPSA) is 66.5 Å². The van der Waals surface area contributed by atoms with Crippen LogP contribution in [0.2, 0.25) is 0 Å². The fraction of sp³-hybridized carbons (Fsp3) is 0.409. The number of nitrogens with one attached hydrogen (secondary N) is 1. The summed E-state index contributed by atoms with van der Waals surface area (Å²) in [6.07, 6.45) is 0. The molecule has 1 amide bonds. The molecule has 0 saturated heterocycles. The van der Waals surface area contributed by atoms with Crippen LogP contribution in [-0.4, -0.2) is 32.3 Å². The molecule has 28 heavy (non-hydrogen) atoms. The van der Waals surface area contributed by atoms with Crippen molar-refractivity contribution in [2.45, 2.75) is 53.4 Å². The SMILES string of the molecule is CCN(CC)C(=O)c1cccc(NS(=O)(=O)c2c(C)c(C)c(C)c(C)c2C)c1. The molecule has 0 radical (unpaired) electrons. The Balaban J connectivity index is 2.47. The smallest absolute Gasteiger partial charge is 0.262 e. The summed E-state index contributed by atoms with van der Waals surface area (Å²) in [6, 6.07) is 6.65. The number of amides is 1. The maximum absolute atomic E-state index is 13.2. The first kappa shape index (κ1) is 22.0. The van der Waals surface area contributed by atoms with Crippen LogP contribution < -0.4 is 4.72 Å². The molecule has 152 valence electrons. The van der Waals surface area contributed by atoms with E-state index in [9.17, 15) is 13.2 Å². The summed E-state index contributed by atoms with van der Waals surface area (Å²) in [5, 5.41) is 0. The molecule has 0 aliphatic rings. The van der Waals surface area contributed by atoms with Gasteiger partial charge in [0.15, 0.2) is 0 Å². The van der Waals surface area contributed by atoms with E-state index in [4.69, 9.17) is 0 Å². The molecule has 0 unspecified atom stereocenters. The van der Waals surface area contributed by atoms with Crippen LogP contribution >= 0.6 is 0 Å². The minimum Gasteiger partial charge on any atom is -0.339 e. The Morgan fingerprint density at radius 2 is 1.39 bits per heavy atom. The number of anilines is 1. The van der Waals surface area contributed by atoms with Crippen LogP contribution in [0.15, 0.2) is 29.2 Å². The highest BCUT2D eigenvalue weighted by Crippen LogP contribution is 2.31. The average molecular weight is 403 g/mol. The molecule has 0 saturated carbocycles. The van der Waals surface area contributed by atoms with Crippen LogP contribution in [-0.2, 0) is 10.0 Å². The van der Waals surface area contributed by atoms with Gasteiger partial charge in [0.1, 0.15) is 0 Å². The molecule has 6 heteroatoms. The second-order valence-electron chi connectivity index (χ2n) is 7.12. The van der Waals surface area contributed by atoms with Crippen LogP contribution in [0.25, 0.3) is 0 Å². The van der Waals surface area contributed by atoms with Crippen molar-refractivity contribution < 1.29 is 13.2 Å². The third kappa shape index (κ3) is 4.07. The molecule has 0 heterocycles. The molecule has 1 N–H and O–H groups in total. The van der Waals surface area contributed by atoms with Gasteiger partial charge in [-0.25, -0.2) is 8.42 Å². The van der Waals surface area contributed by atoms with E-state index in [1.165, 1.54) is 0 Å².